The van der Waals surface area contributed by atoms with Gasteiger partial charge < -0.3 is 19.5 Å². The number of carbonyl (C=O) groups excluding carboxylic acids is 1. The first-order valence-corrected chi connectivity index (χ1v) is 8.42. The molecule has 0 bridgehead atoms. The fourth-order valence-electron chi connectivity index (χ4n) is 2.65. The molecule has 0 saturated heterocycles. The molecule has 3 heterocycles. The van der Waals surface area contributed by atoms with Crippen LogP contribution in [0.4, 0.5) is 5.69 Å². The zero-order valence-corrected chi connectivity index (χ0v) is 14.6. The number of amides is 1. The summed E-state index contributed by atoms with van der Waals surface area (Å²) >= 11 is 0. The predicted molar refractivity (Wildman–Crippen MR) is 102 cm³/mol. The van der Waals surface area contributed by atoms with Crippen molar-refractivity contribution in [1.29, 1.82) is 0 Å². The van der Waals surface area contributed by atoms with E-state index in [2.05, 4.69) is 15.3 Å². The van der Waals surface area contributed by atoms with Crippen LogP contribution in [0.25, 0.3) is 11.4 Å². The van der Waals surface area contributed by atoms with Crippen LogP contribution in [0.1, 0.15) is 16.1 Å². The molecule has 27 heavy (non-hydrogen) atoms. The van der Waals surface area contributed by atoms with Gasteiger partial charge in [0.15, 0.2) is 5.76 Å². The van der Waals surface area contributed by atoms with Crippen molar-refractivity contribution in [2.24, 2.45) is 0 Å². The van der Waals surface area contributed by atoms with Gasteiger partial charge in [0.25, 0.3) is 5.91 Å². The third-order valence-electron chi connectivity index (χ3n) is 4.02. The van der Waals surface area contributed by atoms with Crippen LogP contribution >= 0.6 is 0 Å². The highest BCUT2D eigenvalue weighted by atomic mass is 16.5. The Balaban J connectivity index is 1.45. The molecule has 1 aromatic carbocycles. The number of aromatic nitrogens is 2. The number of rotatable bonds is 5. The summed E-state index contributed by atoms with van der Waals surface area (Å²) in [4.78, 5) is 19.6. The molecule has 2 N–H and O–H groups in total. The summed E-state index contributed by atoms with van der Waals surface area (Å²) < 4.78 is 11.1. The number of ether oxygens (including phenoxy) is 1. The third kappa shape index (κ3) is 3.74. The Kier molecular flexibility index (Phi) is 4.45. The molecule has 6 heteroatoms. The summed E-state index contributed by atoms with van der Waals surface area (Å²) in [7, 11) is 0. The summed E-state index contributed by atoms with van der Waals surface area (Å²) in [6.45, 7) is 1.82. The molecular weight excluding hydrogens is 342 g/mol. The fraction of sp³-hybridized carbons (Fsp3) is 0.0476. The highest BCUT2D eigenvalue weighted by Crippen LogP contribution is 2.26. The molecule has 0 saturated carbocycles. The van der Waals surface area contributed by atoms with E-state index in [0.29, 0.717) is 22.9 Å². The molecular formula is C21H17N3O3. The van der Waals surface area contributed by atoms with Crippen LogP contribution in [-0.4, -0.2) is 15.9 Å². The first-order chi connectivity index (χ1) is 13.2. The normalized spacial score (nSPS) is 10.6. The fourth-order valence-corrected chi connectivity index (χ4v) is 2.65. The largest absolute Gasteiger partial charge is 0.459 e. The lowest BCUT2D eigenvalue weighted by Gasteiger charge is -2.08. The van der Waals surface area contributed by atoms with Gasteiger partial charge in [0.05, 0.1) is 17.7 Å². The van der Waals surface area contributed by atoms with Crippen LogP contribution in [0.2, 0.25) is 0 Å². The van der Waals surface area contributed by atoms with E-state index in [-0.39, 0.29) is 5.91 Å². The smallest absolute Gasteiger partial charge is 0.291 e. The predicted octanol–water partition coefficient (Wildman–Crippen LogP) is 5.02. The van der Waals surface area contributed by atoms with Crippen LogP contribution in [0, 0.1) is 6.92 Å². The second-order valence-corrected chi connectivity index (χ2v) is 5.97. The average Bonchev–Trinajstić information content (AvgIpc) is 3.35. The van der Waals surface area contributed by atoms with Crippen LogP contribution < -0.4 is 10.1 Å². The van der Waals surface area contributed by atoms with Crippen molar-refractivity contribution in [2.45, 2.75) is 6.92 Å². The molecule has 0 unspecified atom stereocenters. The first-order valence-electron chi connectivity index (χ1n) is 8.42. The first kappa shape index (κ1) is 16.7. The van der Waals surface area contributed by atoms with Gasteiger partial charge in [-0.15, -0.1) is 0 Å². The molecule has 0 fully saturated rings. The maximum Gasteiger partial charge on any atom is 0.291 e. The number of pyridine rings is 1. The van der Waals surface area contributed by atoms with Gasteiger partial charge in [-0.1, -0.05) is 0 Å². The highest BCUT2D eigenvalue weighted by Gasteiger charge is 2.12. The monoisotopic (exact) mass is 359 g/mol. The molecule has 4 rings (SSSR count). The van der Waals surface area contributed by atoms with Gasteiger partial charge in [0.1, 0.15) is 11.5 Å². The number of nitrogens with one attached hydrogen (secondary N) is 2. The van der Waals surface area contributed by atoms with Crippen molar-refractivity contribution in [2.75, 3.05) is 5.32 Å². The van der Waals surface area contributed by atoms with Crippen LogP contribution in [0.3, 0.4) is 0 Å². The summed E-state index contributed by atoms with van der Waals surface area (Å²) in [5.74, 6) is 1.36. The number of aryl methyl sites for hydroxylation is 1. The number of nitrogens with zero attached hydrogens (tertiary/aromatic N) is 1. The van der Waals surface area contributed by atoms with E-state index in [1.807, 2.05) is 31.3 Å². The number of furan rings is 1. The lowest BCUT2D eigenvalue weighted by molar-refractivity contribution is 0.0996. The van der Waals surface area contributed by atoms with E-state index >= 15 is 0 Å². The number of H-pyrrole nitrogens is 1. The topological polar surface area (TPSA) is 80.2 Å². The minimum Gasteiger partial charge on any atom is -0.459 e. The second-order valence-electron chi connectivity index (χ2n) is 5.97. The van der Waals surface area contributed by atoms with E-state index in [0.717, 1.165) is 17.0 Å². The quantitative estimate of drug-likeness (QED) is 0.524. The molecule has 1 amide bonds. The molecule has 0 spiro atoms. The van der Waals surface area contributed by atoms with Crippen molar-refractivity contribution >= 4 is 11.6 Å². The maximum atomic E-state index is 12.2. The SMILES string of the molecule is Cc1ccoc1C(=O)Nc1ccc(Oc2ccnc(-c3ccc[nH]3)c2)cc1. The van der Waals surface area contributed by atoms with Crippen molar-refractivity contribution < 1.29 is 13.9 Å². The molecule has 6 nitrogen and oxygen atoms in total. The summed E-state index contributed by atoms with van der Waals surface area (Å²) in [6, 6.07) is 16.4. The van der Waals surface area contributed by atoms with Crippen LogP contribution in [0.15, 0.2) is 77.7 Å². The van der Waals surface area contributed by atoms with Gasteiger partial charge in [0.2, 0.25) is 0 Å². The van der Waals surface area contributed by atoms with Crippen molar-refractivity contribution in [3.8, 4) is 22.9 Å². The van der Waals surface area contributed by atoms with Crippen LogP contribution in [-0.2, 0) is 0 Å². The van der Waals surface area contributed by atoms with Gasteiger partial charge in [0, 0.05) is 29.7 Å². The average molecular weight is 359 g/mol. The van der Waals surface area contributed by atoms with E-state index in [1.165, 1.54) is 6.26 Å². The minimum atomic E-state index is -0.282. The molecule has 0 radical (unpaired) electrons. The highest BCUT2D eigenvalue weighted by molar-refractivity contribution is 6.03. The molecule has 4 aromatic rings. The number of hydrogen-bond donors (Lipinski definition) is 2. The maximum absolute atomic E-state index is 12.2. The summed E-state index contributed by atoms with van der Waals surface area (Å²) in [5.41, 5.74) is 3.18. The number of carbonyl (C=O) groups is 1. The number of hydrogen-bond acceptors (Lipinski definition) is 4. The molecule has 0 aliphatic rings. The molecule has 3 aromatic heterocycles. The number of benzene rings is 1. The van der Waals surface area contributed by atoms with Crippen molar-refractivity contribution in [1.82, 2.24) is 9.97 Å². The number of aromatic amines is 1. The minimum absolute atomic E-state index is 0.282. The zero-order valence-electron chi connectivity index (χ0n) is 14.6. The molecule has 0 atom stereocenters. The van der Waals surface area contributed by atoms with Crippen LogP contribution in [0.5, 0.6) is 11.5 Å². The van der Waals surface area contributed by atoms with E-state index in [1.54, 1.807) is 42.6 Å². The Morgan fingerprint density at radius 2 is 1.96 bits per heavy atom. The second kappa shape index (κ2) is 7.21. The van der Waals surface area contributed by atoms with Gasteiger partial charge >= 0.3 is 0 Å². The lowest BCUT2D eigenvalue weighted by Crippen LogP contribution is -2.11. The van der Waals surface area contributed by atoms with Crippen molar-refractivity contribution in [3.05, 3.63) is 84.6 Å². The lowest BCUT2D eigenvalue weighted by atomic mass is 10.2. The summed E-state index contributed by atoms with van der Waals surface area (Å²) in [5, 5.41) is 2.80. The number of anilines is 1. The molecule has 0 aliphatic heterocycles. The van der Waals surface area contributed by atoms with Gasteiger partial charge in [-0.05, 0) is 55.5 Å². The third-order valence-corrected chi connectivity index (χ3v) is 4.02. The Morgan fingerprint density at radius 3 is 2.67 bits per heavy atom. The van der Waals surface area contributed by atoms with Gasteiger partial charge in [-0.2, -0.15) is 0 Å². The van der Waals surface area contributed by atoms with Gasteiger partial charge in [-0.3, -0.25) is 9.78 Å². The Hall–Kier alpha value is -3.80. The summed E-state index contributed by atoms with van der Waals surface area (Å²) in [6.07, 6.45) is 5.05. The Morgan fingerprint density at radius 1 is 1.11 bits per heavy atom. The molecule has 134 valence electrons. The van der Waals surface area contributed by atoms with Gasteiger partial charge in [-0.25, -0.2) is 0 Å². The zero-order chi connectivity index (χ0) is 18.6. The van der Waals surface area contributed by atoms with E-state index in [4.69, 9.17) is 9.15 Å². The Labute approximate surface area is 155 Å². The van der Waals surface area contributed by atoms with E-state index < -0.39 is 0 Å². The van der Waals surface area contributed by atoms with E-state index in [9.17, 15) is 4.79 Å². The Bertz CT molecular complexity index is 1050. The molecule has 0 aliphatic carbocycles. The van der Waals surface area contributed by atoms with Crippen molar-refractivity contribution in [3.63, 3.8) is 0 Å². The standard InChI is InChI=1S/C21H17N3O3/c1-14-9-12-26-20(14)21(25)24-15-4-6-16(7-5-15)27-17-8-11-23-19(13-17)18-3-2-10-22-18/h2-13,22H,1H3,(H,24,25).